The van der Waals surface area contributed by atoms with E-state index in [-0.39, 0.29) is 11.9 Å². The van der Waals surface area contributed by atoms with Crippen LogP contribution in [-0.2, 0) is 4.79 Å². The molecule has 6 heteroatoms. The van der Waals surface area contributed by atoms with Gasteiger partial charge in [-0.3, -0.25) is 4.79 Å². The lowest BCUT2D eigenvalue weighted by molar-refractivity contribution is -0.141. The third kappa shape index (κ3) is 2.76. The fourth-order valence-corrected chi connectivity index (χ4v) is 5.20. The summed E-state index contributed by atoms with van der Waals surface area (Å²) >= 11 is 3.48. The summed E-state index contributed by atoms with van der Waals surface area (Å²) < 4.78 is 0.965. The highest BCUT2D eigenvalue weighted by atomic mass is 79.9. The quantitative estimate of drug-likeness (QED) is 0.790. The van der Waals surface area contributed by atoms with Crippen LogP contribution in [-0.4, -0.2) is 39.0 Å². The molecule has 4 rings (SSSR count). The number of carbonyl (C=O) groups excluding carboxylic acids is 1. The number of carbonyl (C=O) groups is 2. The van der Waals surface area contributed by atoms with Crippen molar-refractivity contribution in [3.8, 4) is 0 Å². The zero-order valence-electron chi connectivity index (χ0n) is 14.1. The van der Waals surface area contributed by atoms with Gasteiger partial charge in [0, 0.05) is 21.4 Å². The minimum atomic E-state index is -0.891. The van der Waals surface area contributed by atoms with Crippen LogP contribution in [0.2, 0.25) is 0 Å². The first-order valence-electron chi connectivity index (χ1n) is 8.80. The number of benzene rings is 1. The van der Waals surface area contributed by atoms with Gasteiger partial charge in [0.25, 0.3) is 5.91 Å². The number of hydrogen-bond donors (Lipinski definition) is 2. The number of halogens is 1. The maximum atomic E-state index is 13.2. The Labute approximate surface area is 154 Å². The Bertz CT molecular complexity index is 860. The molecule has 0 bridgehead atoms. The first-order chi connectivity index (χ1) is 12.0. The Hall–Kier alpha value is -1.82. The standard InChI is InChI=1S/C19H21BrN2O3/c1-10-6-13(20)7-12-8-14(21-17(10)12)18(23)22-15-5-3-2-4-11(15)9-16(22)19(24)25/h6-8,11,15-16,21H,2-5,9H2,1H3,(H,24,25)/t11-,15-,16-/m0/s1. The maximum Gasteiger partial charge on any atom is 0.326 e. The van der Waals surface area contributed by atoms with Crippen molar-refractivity contribution in [2.75, 3.05) is 0 Å². The Morgan fingerprint density at radius 2 is 2.00 bits per heavy atom. The smallest absolute Gasteiger partial charge is 0.326 e. The summed E-state index contributed by atoms with van der Waals surface area (Å²) in [5.74, 6) is -0.759. The second kappa shape index (κ2) is 6.16. The fraction of sp³-hybridized carbons (Fsp3) is 0.474. The second-order valence-electron chi connectivity index (χ2n) is 7.28. The lowest BCUT2D eigenvalue weighted by Gasteiger charge is -2.32. The molecule has 0 spiro atoms. The zero-order valence-corrected chi connectivity index (χ0v) is 15.7. The Kier molecular flexibility index (Phi) is 4.10. The van der Waals surface area contributed by atoms with Crippen LogP contribution < -0.4 is 0 Å². The zero-order chi connectivity index (χ0) is 17.7. The summed E-state index contributed by atoms with van der Waals surface area (Å²) in [6.07, 6.45) is 4.71. The molecule has 1 aromatic carbocycles. The molecule has 1 aliphatic heterocycles. The molecule has 2 fully saturated rings. The van der Waals surface area contributed by atoms with Gasteiger partial charge in [-0.05, 0) is 55.9 Å². The number of aryl methyl sites for hydroxylation is 1. The topological polar surface area (TPSA) is 73.4 Å². The van der Waals surface area contributed by atoms with Gasteiger partial charge in [-0.25, -0.2) is 4.79 Å². The van der Waals surface area contributed by atoms with Crippen LogP contribution in [0.15, 0.2) is 22.7 Å². The lowest BCUT2D eigenvalue weighted by atomic mass is 9.84. The van der Waals surface area contributed by atoms with Gasteiger partial charge in [-0.1, -0.05) is 28.8 Å². The number of H-pyrrole nitrogens is 1. The minimum absolute atomic E-state index is 0.0570. The third-order valence-corrected chi connectivity index (χ3v) is 6.19. The van der Waals surface area contributed by atoms with Crippen LogP contribution in [0, 0.1) is 12.8 Å². The van der Waals surface area contributed by atoms with Crippen molar-refractivity contribution >= 4 is 38.7 Å². The van der Waals surface area contributed by atoms with E-state index in [2.05, 4.69) is 20.9 Å². The van der Waals surface area contributed by atoms with Crippen molar-refractivity contribution in [3.63, 3.8) is 0 Å². The molecule has 1 aromatic heterocycles. The van der Waals surface area contributed by atoms with Crippen molar-refractivity contribution in [1.82, 2.24) is 9.88 Å². The van der Waals surface area contributed by atoms with Crippen molar-refractivity contribution < 1.29 is 14.7 Å². The van der Waals surface area contributed by atoms with Gasteiger partial charge in [0.05, 0.1) is 0 Å². The van der Waals surface area contributed by atoms with Crippen LogP contribution in [0.5, 0.6) is 0 Å². The summed E-state index contributed by atoms with van der Waals surface area (Å²) in [6.45, 7) is 1.99. The Balaban J connectivity index is 1.73. The van der Waals surface area contributed by atoms with Crippen molar-refractivity contribution in [2.45, 2.75) is 51.1 Å². The number of nitrogens with one attached hydrogen (secondary N) is 1. The van der Waals surface area contributed by atoms with Crippen LogP contribution in [0.25, 0.3) is 10.9 Å². The molecule has 3 atom stereocenters. The number of amides is 1. The summed E-state index contributed by atoms with van der Waals surface area (Å²) in [4.78, 5) is 29.8. The highest BCUT2D eigenvalue weighted by Gasteiger charge is 2.47. The van der Waals surface area contributed by atoms with Gasteiger partial charge < -0.3 is 15.0 Å². The van der Waals surface area contributed by atoms with E-state index in [0.29, 0.717) is 18.0 Å². The number of likely N-dealkylation sites (tertiary alicyclic amines) is 1. The number of aliphatic carboxylic acids is 1. The first kappa shape index (κ1) is 16.6. The van der Waals surface area contributed by atoms with Crippen molar-refractivity contribution in [1.29, 1.82) is 0 Å². The molecule has 1 saturated heterocycles. The number of carboxylic acid groups (broad SMARTS) is 1. The first-order valence-corrected chi connectivity index (χ1v) is 9.59. The van der Waals surface area contributed by atoms with E-state index >= 15 is 0 Å². The van der Waals surface area contributed by atoms with Crippen LogP contribution >= 0.6 is 15.9 Å². The molecular formula is C19H21BrN2O3. The van der Waals surface area contributed by atoms with Gasteiger partial charge in [0.15, 0.2) is 0 Å². The molecular weight excluding hydrogens is 384 g/mol. The highest BCUT2D eigenvalue weighted by Crippen LogP contribution is 2.40. The van der Waals surface area contributed by atoms with Gasteiger partial charge in [-0.2, -0.15) is 0 Å². The number of hydrogen-bond acceptors (Lipinski definition) is 2. The SMILES string of the molecule is Cc1cc(Br)cc2cc(C(=O)N3[C@H](C(=O)O)C[C@@H]4CCCC[C@@H]43)[nH]c12. The molecule has 25 heavy (non-hydrogen) atoms. The molecule has 2 N–H and O–H groups in total. The fourth-order valence-electron chi connectivity index (χ4n) is 4.61. The van der Waals surface area contributed by atoms with Crippen molar-refractivity contribution in [3.05, 3.63) is 33.9 Å². The van der Waals surface area contributed by atoms with E-state index in [4.69, 9.17) is 0 Å². The van der Waals surface area contributed by atoms with Gasteiger partial charge in [0.1, 0.15) is 11.7 Å². The molecule has 2 heterocycles. The van der Waals surface area contributed by atoms with E-state index in [9.17, 15) is 14.7 Å². The summed E-state index contributed by atoms with van der Waals surface area (Å²) in [6, 6.07) is 5.16. The average molecular weight is 405 g/mol. The highest BCUT2D eigenvalue weighted by molar-refractivity contribution is 9.10. The number of nitrogens with zero attached hydrogens (tertiary/aromatic N) is 1. The molecule has 1 aliphatic carbocycles. The van der Waals surface area contributed by atoms with E-state index in [1.807, 2.05) is 25.1 Å². The summed E-state index contributed by atoms with van der Waals surface area (Å²) in [7, 11) is 0. The van der Waals surface area contributed by atoms with E-state index < -0.39 is 12.0 Å². The molecule has 0 radical (unpaired) electrons. The largest absolute Gasteiger partial charge is 0.480 e. The molecule has 0 unspecified atom stereocenters. The Morgan fingerprint density at radius 1 is 1.24 bits per heavy atom. The Morgan fingerprint density at radius 3 is 2.76 bits per heavy atom. The van der Waals surface area contributed by atoms with E-state index in [1.54, 1.807) is 4.90 Å². The van der Waals surface area contributed by atoms with E-state index in [1.165, 1.54) is 0 Å². The summed E-state index contributed by atoms with van der Waals surface area (Å²) in [5, 5.41) is 10.6. The van der Waals surface area contributed by atoms with E-state index in [0.717, 1.165) is 46.6 Å². The molecule has 5 nitrogen and oxygen atoms in total. The molecule has 1 saturated carbocycles. The van der Waals surface area contributed by atoms with Gasteiger partial charge >= 0.3 is 5.97 Å². The van der Waals surface area contributed by atoms with Crippen LogP contribution in [0.1, 0.15) is 48.2 Å². The molecule has 1 amide bonds. The predicted molar refractivity (Wildman–Crippen MR) is 98.7 cm³/mol. The number of carboxylic acids is 1. The molecule has 2 aromatic rings. The second-order valence-corrected chi connectivity index (χ2v) is 8.20. The van der Waals surface area contributed by atoms with Crippen LogP contribution in [0.3, 0.4) is 0 Å². The number of fused-ring (bicyclic) bond motifs is 2. The van der Waals surface area contributed by atoms with Crippen molar-refractivity contribution in [2.24, 2.45) is 5.92 Å². The number of aromatic amines is 1. The molecule has 2 aliphatic rings. The van der Waals surface area contributed by atoms with Gasteiger partial charge in [0.2, 0.25) is 0 Å². The minimum Gasteiger partial charge on any atom is -0.480 e. The average Bonchev–Trinajstić information content (AvgIpc) is 3.15. The van der Waals surface area contributed by atoms with Gasteiger partial charge in [-0.15, -0.1) is 0 Å². The number of aromatic nitrogens is 1. The lowest BCUT2D eigenvalue weighted by Crippen LogP contribution is -2.46. The number of rotatable bonds is 2. The predicted octanol–water partition coefficient (Wildman–Crippen LogP) is 4.10. The third-order valence-electron chi connectivity index (χ3n) is 5.73. The normalized spacial score (nSPS) is 26.0. The monoisotopic (exact) mass is 404 g/mol. The van der Waals surface area contributed by atoms with Crippen LogP contribution in [0.4, 0.5) is 0 Å². The maximum absolute atomic E-state index is 13.2. The molecule has 132 valence electrons. The summed E-state index contributed by atoms with van der Waals surface area (Å²) in [5.41, 5.74) is 2.46.